The normalized spacial score (nSPS) is 17.1. The van der Waals surface area contributed by atoms with E-state index in [4.69, 9.17) is 4.74 Å². The number of ether oxygens (including phenoxy) is 1. The fourth-order valence-corrected chi connectivity index (χ4v) is 2.27. The molecule has 0 amide bonds. The van der Waals surface area contributed by atoms with Crippen molar-refractivity contribution in [3.05, 3.63) is 0 Å². The molecule has 0 aromatic heterocycles. The molecule has 1 saturated carbocycles. The van der Waals surface area contributed by atoms with Crippen molar-refractivity contribution in [1.29, 1.82) is 0 Å². The smallest absolute Gasteiger partial charge is 0.0593 e. The van der Waals surface area contributed by atoms with E-state index in [0.717, 1.165) is 32.2 Å². The van der Waals surface area contributed by atoms with Crippen LogP contribution in [-0.4, -0.2) is 50.8 Å². The van der Waals surface area contributed by atoms with Crippen LogP contribution in [0.3, 0.4) is 0 Å². The molecule has 0 saturated heterocycles. The molecule has 1 aliphatic rings. The molecule has 114 valence electrons. The fourth-order valence-electron chi connectivity index (χ4n) is 2.27. The second-order valence-electron chi connectivity index (χ2n) is 6.02. The lowest BCUT2D eigenvalue weighted by atomic mass is 10.1. The molecule has 0 heterocycles. The summed E-state index contributed by atoms with van der Waals surface area (Å²) in [6.07, 6.45) is 7.83. The first-order chi connectivity index (χ1) is 9.26. The Bertz CT molecular complexity index is 207. The van der Waals surface area contributed by atoms with Crippen LogP contribution in [0, 0.1) is 5.92 Å². The first-order valence-electron chi connectivity index (χ1n) is 8.25. The lowest BCUT2D eigenvalue weighted by molar-refractivity contribution is 0.103. The van der Waals surface area contributed by atoms with Crippen molar-refractivity contribution in [2.24, 2.45) is 5.92 Å². The minimum absolute atomic E-state index is 0.708. The average molecular weight is 270 g/mol. The minimum Gasteiger partial charge on any atom is -0.380 e. The number of nitrogens with zero attached hydrogens (tertiary/aromatic N) is 1. The Labute approximate surface area is 120 Å². The van der Waals surface area contributed by atoms with Crippen LogP contribution in [0.25, 0.3) is 0 Å². The Kier molecular flexibility index (Phi) is 9.48. The summed E-state index contributed by atoms with van der Waals surface area (Å²) < 4.78 is 5.68. The summed E-state index contributed by atoms with van der Waals surface area (Å²) in [5.41, 5.74) is 0. The van der Waals surface area contributed by atoms with Crippen LogP contribution in [-0.2, 0) is 4.74 Å². The monoisotopic (exact) mass is 270 g/mol. The minimum atomic E-state index is 0.708. The molecule has 0 bridgehead atoms. The molecule has 1 aliphatic carbocycles. The van der Waals surface area contributed by atoms with Gasteiger partial charge in [0.05, 0.1) is 6.61 Å². The molecule has 0 radical (unpaired) electrons. The van der Waals surface area contributed by atoms with Gasteiger partial charge in [0, 0.05) is 19.2 Å². The average Bonchev–Trinajstić information content (AvgIpc) is 3.23. The van der Waals surface area contributed by atoms with Crippen molar-refractivity contribution in [3.8, 4) is 0 Å². The summed E-state index contributed by atoms with van der Waals surface area (Å²) in [5, 5.41) is 3.62. The molecule has 3 nitrogen and oxygen atoms in total. The van der Waals surface area contributed by atoms with Gasteiger partial charge < -0.3 is 15.0 Å². The van der Waals surface area contributed by atoms with E-state index in [1.165, 1.54) is 45.1 Å². The van der Waals surface area contributed by atoms with Gasteiger partial charge in [-0.25, -0.2) is 0 Å². The highest BCUT2D eigenvalue weighted by Crippen LogP contribution is 2.28. The van der Waals surface area contributed by atoms with E-state index >= 15 is 0 Å². The molecule has 0 spiro atoms. The van der Waals surface area contributed by atoms with Gasteiger partial charge in [-0.1, -0.05) is 13.8 Å². The first kappa shape index (κ1) is 16.9. The Hall–Kier alpha value is -0.120. The molecule has 0 aromatic rings. The highest BCUT2D eigenvalue weighted by Gasteiger charge is 2.20. The van der Waals surface area contributed by atoms with Gasteiger partial charge in [0.2, 0.25) is 0 Å². The number of rotatable bonds is 13. The Morgan fingerprint density at radius 2 is 2.05 bits per heavy atom. The van der Waals surface area contributed by atoms with E-state index in [9.17, 15) is 0 Å². The van der Waals surface area contributed by atoms with E-state index in [0.29, 0.717) is 6.04 Å². The number of hydrogen-bond acceptors (Lipinski definition) is 3. The van der Waals surface area contributed by atoms with Gasteiger partial charge in [-0.2, -0.15) is 0 Å². The molecule has 1 fully saturated rings. The molecule has 1 rings (SSSR count). The van der Waals surface area contributed by atoms with Gasteiger partial charge >= 0.3 is 0 Å². The van der Waals surface area contributed by atoms with Crippen molar-refractivity contribution in [2.75, 3.05) is 39.9 Å². The lowest BCUT2D eigenvalue weighted by Crippen LogP contribution is -2.31. The highest BCUT2D eigenvalue weighted by atomic mass is 16.5. The molecule has 1 N–H and O–H groups in total. The maximum absolute atomic E-state index is 5.68. The van der Waals surface area contributed by atoms with Crippen LogP contribution in [0.15, 0.2) is 0 Å². The summed E-state index contributed by atoms with van der Waals surface area (Å²) >= 11 is 0. The van der Waals surface area contributed by atoms with Crippen LogP contribution in [0.1, 0.15) is 52.4 Å². The third-order valence-corrected chi connectivity index (χ3v) is 3.94. The highest BCUT2D eigenvalue weighted by molar-refractivity contribution is 4.72. The second-order valence-corrected chi connectivity index (χ2v) is 6.02. The first-order valence-corrected chi connectivity index (χ1v) is 8.25. The topological polar surface area (TPSA) is 24.5 Å². The number of likely N-dealkylation sites (N-methyl/N-ethyl adjacent to an activating group) is 1. The zero-order valence-electron chi connectivity index (χ0n) is 13.3. The third-order valence-electron chi connectivity index (χ3n) is 3.94. The second kappa shape index (κ2) is 10.6. The standard InChI is InChI=1S/C16H34N2O/c1-4-10-17-16(5-2)7-6-11-18(3)12-13-19-14-15-8-9-15/h15-17H,4-14H2,1-3H3. The van der Waals surface area contributed by atoms with Crippen molar-refractivity contribution in [2.45, 2.75) is 58.4 Å². The van der Waals surface area contributed by atoms with Crippen molar-refractivity contribution in [1.82, 2.24) is 10.2 Å². The quantitative estimate of drug-likeness (QED) is 0.521. The van der Waals surface area contributed by atoms with E-state index in [2.05, 4.69) is 31.1 Å². The van der Waals surface area contributed by atoms with Gasteiger partial charge in [-0.15, -0.1) is 0 Å². The van der Waals surface area contributed by atoms with Crippen LogP contribution in [0.4, 0.5) is 0 Å². The summed E-state index contributed by atoms with van der Waals surface area (Å²) in [6.45, 7) is 9.83. The Morgan fingerprint density at radius 3 is 2.68 bits per heavy atom. The maximum Gasteiger partial charge on any atom is 0.0593 e. The van der Waals surface area contributed by atoms with Crippen LogP contribution >= 0.6 is 0 Å². The van der Waals surface area contributed by atoms with Gasteiger partial charge in [0.1, 0.15) is 0 Å². The van der Waals surface area contributed by atoms with Gasteiger partial charge in [0.25, 0.3) is 0 Å². The molecule has 1 unspecified atom stereocenters. The van der Waals surface area contributed by atoms with Gasteiger partial charge in [-0.3, -0.25) is 0 Å². The summed E-state index contributed by atoms with van der Waals surface area (Å²) in [6, 6.07) is 0.708. The maximum atomic E-state index is 5.68. The lowest BCUT2D eigenvalue weighted by Gasteiger charge is -2.20. The Morgan fingerprint density at radius 1 is 1.26 bits per heavy atom. The summed E-state index contributed by atoms with van der Waals surface area (Å²) in [7, 11) is 2.21. The van der Waals surface area contributed by atoms with Crippen LogP contribution in [0.5, 0.6) is 0 Å². The predicted molar refractivity (Wildman–Crippen MR) is 82.6 cm³/mol. The molecular weight excluding hydrogens is 236 g/mol. The Balaban J connectivity index is 1.90. The third kappa shape index (κ3) is 9.42. The van der Waals surface area contributed by atoms with Gasteiger partial charge in [-0.05, 0) is 64.6 Å². The van der Waals surface area contributed by atoms with Crippen LogP contribution < -0.4 is 5.32 Å². The molecule has 3 heteroatoms. The number of hydrogen-bond donors (Lipinski definition) is 1. The van der Waals surface area contributed by atoms with E-state index in [1.807, 2.05) is 0 Å². The molecule has 0 aliphatic heterocycles. The van der Waals surface area contributed by atoms with E-state index in [1.54, 1.807) is 0 Å². The van der Waals surface area contributed by atoms with Crippen molar-refractivity contribution in [3.63, 3.8) is 0 Å². The predicted octanol–water partition coefficient (Wildman–Crippen LogP) is 2.90. The zero-order chi connectivity index (χ0) is 13.9. The van der Waals surface area contributed by atoms with Crippen LogP contribution in [0.2, 0.25) is 0 Å². The zero-order valence-corrected chi connectivity index (χ0v) is 13.3. The van der Waals surface area contributed by atoms with E-state index < -0.39 is 0 Å². The number of nitrogens with one attached hydrogen (secondary N) is 1. The summed E-state index contributed by atoms with van der Waals surface area (Å²) in [4.78, 5) is 2.40. The molecule has 1 atom stereocenters. The molecule has 0 aromatic carbocycles. The molecule has 19 heavy (non-hydrogen) atoms. The summed E-state index contributed by atoms with van der Waals surface area (Å²) in [5.74, 6) is 0.889. The van der Waals surface area contributed by atoms with Crippen molar-refractivity contribution >= 4 is 0 Å². The SMILES string of the molecule is CCCNC(CC)CCCN(C)CCOCC1CC1. The fraction of sp³-hybridized carbons (Fsp3) is 1.00. The largest absolute Gasteiger partial charge is 0.380 e. The molecular formula is C16H34N2O. The van der Waals surface area contributed by atoms with E-state index in [-0.39, 0.29) is 0 Å². The van der Waals surface area contributed by atoms with Crippen molar-refractivity contribution < 1.29 is 4.74 Å². The van der Waals surface area contributed by atoms with Gasteiger partial charge in [0.15, 0.2) is 0 Å².